The minimum atomic E-state index is 0. The highest BCUT2D eigenvalue weighted by atomic mass is 127. The molecule has 4 N–H and O–H groups in total. The van der Waals surface area contributed by atoms with Gasteiger partial charge in [0.2, 0.25) is 5.91 Å². The fourth-order valence-corrected chi connectivity index (χ4v) is 1.28. The van der Waals surface area contributed by atoms with Crippen LogP contribution in [0.4, 0.5) is 0 Å². The Hall–Kier alpha value is -0.530. The van der Waals surface area contributed by atoms with Crippen LogP contribution in [0, 0.1) is 5.92 Å². The number of halogens is 1. The molecule has 0 aromatic heterocycles. The molecule has 1 aliphatic rings. The minimum Gasteiger partial charge on any atom is -0.370 e. The van der Waals surface area contributed by atoms with E-state index in [4.69, 9.17) is 5.73 Å². The summed E-state index contributed by atoms with van der Waals surface area (Å²) in [5, 5.41) is 5.82. The fraction of sp³-hybridized carbons (Fsp3) is 0.818. The summed E-state index contributed by atoms with van der Waals surface area (Å²) in [6.07, 6.45) is 4.26. The van der Waals surface area contributed by atoms with Gasteiger partial charge in [0.05, 0.1) is 0 Å². The molecule has 0 atom stereocenters. The zero-order valence-electron chi connectivity index (χ0n) is 10.4. The van der Waals surface area contributed by atoms with Crippen LogP contribution in [0.25, 0.3) is 0 Å². The zero-order valence-corrected chi connectivity index (χ0v) is 12.7. The van der Waals surface area contributed by atoms with E-state index in [2.05, 4.69) is 22.5 Å². The first-order valence-electron chi connectivity index (χ1n) is 6.05. The van der Waals surface area contributed by atoms with Gasteiger partial charge >= 0.3 is 0 Å². The van der Waals surface area contributed by atoms with Crippen LogP contribution in [0.3, 0.4) is 0 Å². The molecule has 0 spiro atoms. The van der Waals surface area contributed by atoms with Gasteiger partial charge in [0.1, 0.15) is 0 Å². The molecule has 1 aliphatic carbocycles. The Bertz CT molecular complexity index is 254. The average Bonchev–Trinajstić information content (AvgIpc) is 3.08. The van der Waals surface area contributed by atoms with E-state index in [9.17, 15) is 4.79 Å². The lowest BCUT2D eigenvalue weighted by atomic mass is 10.3. The van der Waals surface area contributed by atoms with Crippen LogP contribution < -0.4 is 16.4 Å². The van der Waals surface area contributed by atoms with E-state index < -0.39 is 0 Å². The van der Waals surface area contributed by atoms with Gasteiger partial charge in [-0.2, -0.15) is 0 Å². The molecule has 0 aliphatic heterocycles. The largest absolute Gasteiger partial charge is 0.370 e. The van der Waals surface area contributed by atoms with Crippen molar-refractivity contribution in [1.82, 2.24) is 10.6 Å². The van der Waals surface area contributed by atoms with Gasteiger partial charge in [-0.25, -0.2) is 0 Å². The molecule has 1 amide bonds. The van der Waals surface area contributed by atoms with E-state index in [-0.39, 0.29) is 35.8 Å². The summed E-state index contributed by atoms with van der Waals surface area (Å²) in [6.45, 7) is 4.13. The van der Waals surface area contributed by atoms with Crippen molar-refractivity contribution in [3.05, 3.63) is 0 Å². The third-order valence-corrected chi connectivity index (χ3v) is 2.47. The number of hydrogen-bond acceptors (Lipinski definition) is 2. The van der Waals surface area contributed by atoms with Crippen molar-refractivity contribution in [2.45, 2.75) is 32.6 Å². The Morgan fingerprint density at radius 2 is 2.00 bits per heavy atom. The summed E-state index contributed by atoms with van der Waals surface area (Å²) in [5.41, 5.74) is 5.63. The second kappa shape index (κ2) is 9.49. The lowest BCUT2D eigenvalue weighted by Gasteiger charge is -2.06. The number of unbranched alkanes of at least 4 members (excludes halogenated alkanes) is 1. The van der Waals surface area contributed by atoms with Gasteiger partial charge in [0.15, 0.2) is 5.96 Å². The van der Waals surface area contributed by atoms with Gasteiger partial charge in [0, 0.05) is 25.6 Å². The van der Waals surface area contributed by atoms with Crippen LogP contribution in [0.15, 0.2) is 4.99 Å². The molecule has 0 bridgehead atoms. The molecular weight excluding hydrogens is 331 g/mol. The molecule has 0 aromatic rings. The highest BCUT2D eigenvalue weighted by Gasteiger charge is 2.28. The minimum absolute atomic E-state index is 0. The zero-order chi connectivity index (χ0) is 11.8. The standard InChI is InChI=1S/C11H22N4O.HI/c1-2-3-6-14-11(12)15-8-7-13-10(16)9-4-5-9;/h9H,2-8H2,1H3,(H,13,16)(H3,12,14,15);1H. The fourth-order valence-electron chi connectivity index (χ4n) is 1.28. The maximum absolute atomic E-state index is 11.3. The molecule has 100 valence electrons. The van der Waals surface area contributed by atoms with E-state index in [0.717, 1.165) is 32.2 Å². The molecule has 0 saturated heterocycles. The summed E-state index contributed by atoms with van der Waals surface area (Å²) >= 11 is 0. The summed E-state index contributed by atoms with van der Waals surface area (Å²) < 4.78 is 0. The first kappa shape index (κ1) is 16.5. The van der Waals surface area contributed by atoms with E-state index >= 15 is 0 Å². The van der Waals surface area contributed by atoms with Crippen molar-refractivity contribution < 1.29 is 4.79 Å². The SMILES string of the molecule is CCCCN=C(N)NCCNC(=O)C1CC1.I. The number of hydrogen-bond donors (Lipinski definition) is 3. The predicted octanol–water partition coefficient (Wildman–Crippen LogP) is 0.835. The van der Waals surface area contributed by atoms with Crippen LogP contribution in [0.5, 0.6) is 0 Å². The van der Waals surface area contributed by atoms with Crippen molar-refractivity contribution in [3.8, 4) is 0 Å². The van der Waals surface area contributed by atoms with Crippen LogP contribution in [0.2, 0.25) is 0 Å². The van der Waals surface area contributed by atoms with E-state index in [1.807, 2.05) is 0 Å². The van der Waals surface area contributed by atoms with E-state index in [1.54, 1.807) is 0 Å². The second-order valence-electron chi connectivity index (χ2n) is 4.11. The van der Waals surface area contributed by atoms with Crippen LogP contribution in [-0.4, -0.2) is 31.5 Å². The third-order valence-electron chi connectivity index (χ3n) is 2.47. The van der Waals surface area contributed by atoms with Gasteiger partial charge in [-0.3, -0.25) is 9.79 Å². The Kier molecular flexibility index (Phi) is 9.20. The highest BCUT2D eigenvalue weighted by molar-refractivity contribution is 14.0. The van der Waals surface area contributed by atoms with Crippen LogP contribution in [-0.2, 0) is 4.79 Å². The second-order valence-corrected chi connectivity index (χ2v) is 4.11. The summed E-state index contributed by atoms with van der Waals surface area (Å²) in [7, 11) is 0. The maximum atomic E-state index is 11.3. The summed E-state index contributed by atoms with van der Waals surface area (Å²) in [4.78, 5) is 15.4. The van der Waals surface area contributed by atoms with Gasteiger partial charge < -0.3 is 16.4 Å². The van der Waals surface area contributed by atoms with Crippen molar-refractivity contribution in [1.29, 1.82) is 0 Å². The lowest BCUT2D eigenvalue weighted by Crippen LogP contribution is -2.38. The molecule has 1 saturated carbocycles. The molecule has 0 aromatic carbocycles. The Morgan fingerprint density at radius 1 is 1.35 bits per heavy atom. The number of amides is 1. The van der Waals surface area contributed by atoms with E-state index in [1.165, 1.54) is 0 Å². The van der Waals surface area contributed by atoms with Crippen molar-refractivity contribution in [3.63, 3.8) is 0 Å². The number of carbonyl (C=O) groups excluding carboxylic acids is 1. The monoisotopic (exact) mass is 354 g/mol. The van der Waals surface area contributed by atoms with Crippen molar-refractivity contribution in [2.24, 2.45) is 16.6 Å². The maximum Gasteiger partial charge on any atom is 0.223 e. The highest BCUT2D eigenvalue weighted by Crippen LogP contribution is 2.28. The molecule has 17 heavy (non-hydrogen) atoms. The molecule has 5 nitrogen and oxygen atoms in total. The summed E-state index contributed by atoms with van der Waals surface area (Å²) in [6, 6.07) is 0. The third kappa shape index (κ3) is 8.23. The van der Waals surface area contributed by atoms with Crippen molar-refractivity contribution >= 4 is 35.8 Å². The molecule has 0 heterocycles. The van der Waals surface area contributed by atoms with Crippen LogP contribution in [0.1, 0.15) is 32.6 Å². The molecule has 1 rings (SSSR count). The number of nitrogens with one attached hydrogen (secondary N) is 2. The normalized spacial score (nSPS) is 15.0. The Morgan fingerprint density at radius 3 is 2.59 bits per heavy atom. The smallest absolute Gasteiger partial charge is 0.223 e. The number of nitrogens with two attached hydrogens (primary N) is 1. The van der Waals surface area contributed by atoms with E-state index in [0.29, 0.717) is 19.0 Å². The molecular formula is C11H23IN4O. The Labute approximate surface area is 120 Å². The van der Waals surface area contributed by atoms with Crippen LogP contribution >= 0.6 is 24.0 Å². The van der Waals surface area contributed by atoms with Gasteiger partial charge in [-0.1, -0.05) is 13.3 Å². The summed E-state index contributed by atoms with van der Waals surface area (Å²) in [5.74, 6) is 0.910. The Balaban J connectivity index is 0.00000256. The van der Waals surface area contributed by atoms with Crippen molar-refractivity contribution in [2.75, 3.05) is 19.6 Å². The number of nitrogens with zero attached hydrogens (tertiary/aromatic N) is 1. The first-order chi connectivity index (χ1) is 7.74. The van der Waals surface area contributed by atoms with Gasteiger partial charge in [-0.15, -0.1) is 24.0 Å². The number of aliphatic imine (C=N–C) groups is 1. The number of rotatable bonds is 7. The predicted molar refractivity (Wildman–Crippen MR) is 80.5 cm³/mol. The average molecular weight is 354 g/mol. The topological polar surface area (TPSA) is 79.5 Å². The molecule has 1 fully saturated rings. The first-order valence-corrected chi connectivity index (χ1v) is 6.05. The molecule has 0 radical (unpaired) electrons. The molecule has 6 heteroatoms. The van der Waals surface area contributed by atoms with Gasteiger partial charge in [0.25, 0.3) is 0 Å². The number of guanidine groups is 1. The lowest BCUT2D eigenvalue weighted by molar-refractivity contribution is -0.122. The van der Waals surface area contributed by atoms with Gasteiger partial charge in [-0.05, 0) is 19.3 Å². The number of carbonyl (C=O) groups is 1. The quantitative estimate of drug-likeness (QED) is 0.274. The molecule has 0 unspecified atom stereocenters.